The van der Waals surface area contributed by atoms with Gasteiger partial charge in [-0.25, -0.2) is 0 Å². The number of likely N-dealkylation sites (N-methyl/N-ethyl adjacent to an activating group) is 1. The van der Waals surface area contributed by atoms with Gasteiger partial charge in [0.1, 0.15) is 5.75 Å². The molecule has 21 heavy (non-hydrogen) atoms. The third-order valence-electron chi connectivity index (χ3n) is 2.98. The molecule has 0 aliphatic heterocycles. The van der Waals surface area contributed by atoms with Gasteiger partial charge in [-0.1, -0.05) is 12.1 Å². The van der Waals surface area contributed by atoms with Crippen molar-refractivity contribution in [2.24, 2.45) is 0 Å². The molecule has 2 aromatic rings. The Balaban J connectivity index is 2.16. The smallest absolute Gasteiger partial charge is 0.419 e. The van der Waals surface area contributed by atoms with Crippen molar-refractivity contribution >= 4 is 0 Å². The highest BCUT2D eigenvalue weighted by Crippen LogP contribution is 2.37. The largest absolute Gasteiger partial charge is 0.453 e. The third kappa shape index (κ3) is 3.98. The summed E-state index contributed by atoms with van der Waals surface area (Å²) in [6.07, 6.45) is -1.48. The Hall–Kier alpha value is -2.02. The van der Waals surface area contributed by atoms with Crippen LogP contribution < -0.4 is 10.1 Å². The first-order valence-corrected chi connectivity index (χ1v) is 6.44. The highest BCUT2D eigenvalue weighted by Gasteiger charge is 2.34. The van der Waals surface area contributed by atoms with Gasteiger partial charge in [0.25, 0.3) is 0 Å². The van der Waals surface area contributed by atoms with Crippen LogP contribution in [0, 0.1) is 0 Å². The lowest BCUT2D eigenvalue weighted by Gasteiger charge is -2.12. The van der Waals surface area contributed by atoms with E-state index in [1.54, 1.807) is 10.9 Å². The zero-order chi connectivity index (χ0) is 15.5. The van der Waals surface area contributed by atoms with Crippen LogP contribution in [0.5, 0.6) is 11.5 Å². The molecule has 0 saturated heterocycles. The van der Waals surface area contributed by atoms with Gasteiger partial charge in [-0.3, -0.25) is 4.68 Å². The van der Waals surface area contributed by atoms with Crippen LogP contribution in [0.25, 0.3) is 0 Å². The molecule has 1 aromatic carbocycles. The van der Waals surface area contributed by atoms with E-state index in [1.807, 2.05) is 14.0 Å². The van der Waals surface area contributed by atoms with Crippen LogP contribution in [0.1, 0.15) is 12.5 Å². The first-order chi connectivity index (χ1) is 9.90. The van der Waals surface area contributed by atoms with E-state index in [2.05, 4.69) is 10.4 Å². The van der Waals surface area contributed by atoms with Crippen LogP contribution in [0.4, 0.5) is 13.2 Å². The molecular formula is C14H16F3N3O. The minimum atomic E-state index is -4.45. The van der Waals surface area contributed by atoms with Gasteiger partial charge in [0.05, 0.1) is 24.5 Å². The number of ether oxygens (including phenoxy) is 1. The summed E-state index contributed by atoms with van der Waals surface area (Å²) < 4.78 is 45.5. The van der Waals surface area contributed by atoms with Crippen molar-refractivity contribution in [2.45, 2.75) is 25.7 Å². The van der Waals surface area contributed by atoms with Crippen LogP contribution >= 0.6 is 0 Å². The molecule has 0 amide bonds. The zero-order valence-corrected chi connectivity index (χ0v) is 11.7. The number of hydrogen-bond acceptors (Lipinski definition) is 3. The summed E-state index contributed by atoms with van der Waals surface area (Å²) >= 11 is 0. The maximum Gasteiger partial charge on any atom is 0.419 e. The van der Waals surface area contributed by atoms with Gasteiger partial charge in [0.15, 0.2) is 5.75 Å². The van der Waals surface area contributed by atoms with Crippen molar-refractivity contribution in [3.05, 3.63) is 42.2 Å². The number of rotatable bonds is 5. The van der Waals surface area contributed by atoms with E-state index in [0.29, 0.717) is 6.54 Å². The van der Waals surface area contributed by atoms with Gasteiger partial charge in [0.2, 0.25) is 0 Å². The standard InChI is InChI=1S/C14H16F3N3O/c1-10(18-2)8-20-9-11(7-19-20)21-13-6-4-3-5-12(13)14(15,16)17/h3-7,9-10,18H,8H2,1-2H3. The average molecular weight is 299 g/mol. The van der Waals surface area contributed by atoms with Crippen molar-refractivity contribution in [3.63, 3.8) is 0 Å². The van der Waals surface area contributed by atoms with Crippen LogP contribution in [0.15, 0.2) is 36.7 Å². The Kier molecular flexibility index (Phi) is 4.52. The summed E-state index contributed by atoms with van der Waals surface area (Å²) in [4.78, 5) is 0. The minimum Gasteiger partial charge on any atom is -0.453 e. The monoisotopic (exact) mass is 299 g/mol. The Labute approximate surface area is 120 Å². The van der Waals surface area contributed by atoms with Crippen molar-refractivity contribution in [1.29, 1.82) is 0 Å². The molecule has 1 N–H and O–H groups in total. The van der Waals surface area contributed by atoms with E-state index in [0.717, 1.165) is 6.07 Å². The lowest BCUT2D eigenvalue weighted by molar-refractivity contribution is -0.138. The summed E-state index contributed by atoms with van der Waals surface area (Å²) in [7, 11) is 1.82. The van der Waals surface area contributed by atoms with Crippen LogP contribution in [0.2, 0.25) is 0 Å². The fourth-order valence-corrected chi connectivity index (χ4v) is 1.79. The average Bonchev–Trinajstić information content (AvgIpc) is 2.85. The molecular weight excluding hydrogens is 283 g/mol. The van der Waals surface area contributed by atoms with Gasteiger partial charge in [0, 0.05) is 6.04 Å². The lowest BCUT2D eigenvalue weighted by atomic mass is 10.2. The molecule has 7 heteroatoms. The Morgan fingerprint density at radius 3 is 2.71 bits per heavy atom. The number of hydrogen-bond donors (Lipinski definition) is 1. The van der Waals surface area contributed by atoms with Crippen LogP contribution in [0.3, 0.4) is 0 Å². The quantitative estimate of drug-likeness (QED) is 0.920. The molecule has 1 atom stereocenters. The number of para-hydroxylation sites is 1. The molecule has 4 nitrogen and oxygen atoms in total. The van der Waals surface area contributed by atoms with E-state index in [9.17, 15) is 13.2 Å². The maximum atomic E-state index is 12.9. The normalized spacial score (nSPS) is 13.2. The van der Waals surface area contributed by atoms with Crippen LogP contribution in [-0.4, -0.2) is 22.9 Å². The number of alkyl halides is 3. The molecule has 2 rings (SSSR count). The molecule has 0 saturated carbocycles. The van der Waals surface area contributed by atoms with E-state index >= 15 is 0 Å². The lowest BCUT2D eigenvalue weighted by Crippen LogP contribution is -2.26. The predicted molar refractivity (Wildman–Crippen MR) is 72.3 cm³/mol. The molecule has 1 unspecified atom stereocenters. The van der Waals surface area contributed by atoms with Crippen molar-refractivity contribution in [1.82, 2.24) is 15.1 Å². The Morgan fingerprint density at radius 2 is 2.05 bits per heavy atom. The maximum absolute atomic E-state index is 12.9. The number of nitrogens with zero attached hydrogens (tertiary/aromatic N) is 2. The van der Waals surface area contributed by atoms with Gasteiger partial charge < -0.3 is 10.1 Å². The fraction of sp³-hybridized carbons (Fsp3) is 0.357. The SMILES string of the molecule is CNC(C)Cn1cc(Oc2ccccc2C(F)(F)F)cn1. The topological polar surface area (TPSA) is 39.1 Å². The minimum absolute atomic E-state index is 0.195. The molecule has 0 spiro atoms. The summed E-state index contributed by atoms with van der Waals surface area (Å²) in [5.74, 6) is 0.0428. The molecule has 1 aromatic heterocycles. The first kappa shape index (κ1) is 15.4. The van der Waals surface area contributed by atoms with E-state index in [4.69, 9.17) is 4.74 Å². The van der Waals surface area contributed by atoms with Gasteiger partial charge in [-0.15, -0.1) is 0 Å². The van der Waals surface area contributed by atoms with Gasteiger partial charge >= 0.3 is 6.18 Å². The molecule has 114 valence electrons. The molecule has 0 fully saturated rings. The number of halogens is 3. The highest BCUT2D eigenvalue weighted by atomic mass is 19.4. The summed E-state index contributed by atoms with van der Waals surface area (Å²) in [5, 5.41) is 7.11. The van der Waals surface area contributed by atoms with E-state index < -0.39 is 11.7 Å². The number of aromatic nitrogens is 2. The first-order valence-electron chi connectivity index (χ1n) is 6.44. The predicted octanol–water partition coefficient (Wildman–Crippen LogP) is 3.30. The summed E-state index contributed by atoms with van der Waals surface area (Å²) in [6.45, 7) is 2.57. The number of nitrogens with one attached hydrogen (secondary N) is 1. The number of benzene rings is 1. The zero-order valence-electron chi connectivity index (χ0n) is 11.7. The van der Waals surface area contributed by atoms with Gasteiger partial charge in [-0.2, -0.15) is 18.3 Å². The van der Waals surface area contributed by atoms with Crippen molar-refractivity contribution in [2.75, 3.05) is 7.05 Å². The summed E-state index contributed by atoms with van der Waals surface area (Å²) in [5.41, 5.74) is -0.804. The molecule has 0 radical (unpaired) electrons. The van der Waals surface area contributed by atoms with Gasteiger partial charge in [-0.05, 0) is 26.1 Å². The van der Waals surface area contributed by atoms with Crippen molar-refractivity contribution < 1.29 is 17.9 Å². The molecule has 0 bridgehead atoms. The van der Waals surface area contributed by atoms with E-state index in [1.165, 1.54) is 24.4 Å². The van der Waals surface area contributed by atoms with Crippen molar-refractivity contribution in [3.8, 4) is 11.5 Å². The second-order valence-corrected chi connectivity index (χ2v) is 4.68. The molecule has 1 heterocycles. The third-order valence-corrected chi connectivity index (χ3v) is 2.98. The molecule has 0 aliphatic rings. The Morgan fingerprint density at radius 1 is 1.33 bits per heavy atom. The molecule has 0 aliphatic carbocycles. The fourth-order valence-electron chi connectivity index (χ4n) is 1.79. The van der Waals surface area contributed by atoms with Crippen LogP contribution in [-0.2, 0) is 12.7 Å². The Bertz CT molecular complexity index is 595. The second kappa shape index (κ2) is 6.17. The second-order valence-electron chi connectivity index (χ2n) is 4.68. The van der Waals surface area contributed by atoms with E-state index in [-0.39, 0.29) is 17.5 Å². The summed E-state index contributed by atoms with van der Waals surface area (Å²) in [6, 6.07) is 5.30. The highest BCUT2D eigenvalue weighted by molar-refractivity contribution is 5.38.